The first-order valence-electron chi connectivity index (χ1n) is 8.08. The second-order valence-corrected chi connectivity index (χ2v) is 5.92. The number of ether oxygens (including phenoxy) is 1. The second-order valence-electron chi connectivity index (χ2n) is 5.92. The van der Waals surface area contributed by atoms with Crippen LogP contribution in [0.1, 0.15) is 18.5 Å². The molecule has 1 saturated heterocycles. The van der Waals surface area contributed by atoms with Gasteiger partial charge in [0.2, 0.25) is 0 Å². The van der Waals surface area contributed by atoms with Gasteiger partial charge < -0.3 is 15.4 Å². The molecule has 0 radical (unpaired) electrons. The Morgan fingerprint density at radius 1 is 1.33 bits per heavy atom. The van der Waals surface area contributed by atoms with Crippen LogP contribution in [0.4, 0.5) is 5.82 Å². The molecular weight excluding hydrogens is 306 g/mol. The number of carbonyl (C=O) groups is 1. The predicted octanol–water partition coefficient (Wildman–Crippen LogP) is 1.31. The van der Waals surface area contributed by atoms with Gasteiger partial charge in [-0.15, -0.1) is 0 Å². The minimum Gasteiger partial charge on any atom is -0.482 e. The zero-order valence-corrected chi connectivity index (χ0v) is 13.5. The van der Waals surface area contributed by atoms with Crippen molar-refractivity contribution in [3.8, 4) is 5.75 Å². The van der Waals surface area contributed by atoms with Crippen molar-refractivity contribution >= 4 is 11.7 Å². The molecule has 1 unspecified atom stereocenters. The average molecular weight is 327 g/mol. The topological polar surface area (TPSA) is 94.2 Å². The second kappa shape index (κ2) is 7.72. The molecule has 0 spiro atoms. The highest BCUT2D eigenvalue weighted by Gasteiger charge is 2.25. The Bertz CT molecular complexity index is 680. The Morgan fingerprint density at radius 2 is 2.21 bits per heavy atom. The zero-order chi connectivity index (χ0) is 16.8. The van der Waals surface area contributed by atoms with Crippen LogP contribution in [0.2, 0.25) is 0 Å². The molecule has 1 aliphatic rings. The van der Waals surface area contributed by atoms with E-state index in [1.54, 1.807) is 36.9 Å². The maximum absolute atomic E-state index is 12.4. The third kappa shape index (κ3) is 4.18. The lowest BCUT2D eigenvalue weighted by atomic mass is 9.93. The van der Waals surface area contributed by atoms with Crippen LogP contribution in [0.15, 0.2) is 36.9 Å². The number of pyridine rings is 1. The van der Waals surface area contributed by atoms with E-state index < -0.39 is 0 Å². The van der Waals surface area contributed by atoms with Gasteiger partial charge in [0.25, 0.3) is 5.91 Å². The van der Waals surface area contributed by atoms with Gasteiger partial charge in [0.1, 0.15) is 11.6 Å². The van der Waals surface area contributed by atoms with Crippen molar-refractivity contribution in [1.29, 1.82) is 0 Å². The number of anilines is 1. The normalized spacial score (nSPS) is 17.5. The van der Waals surface area contributed by atoms with E-state index in [1.165, 1.54) is 0 Å². The van der Waals surface area contributed by atoms with Crippen LogP contribution >= 0.6 is 0 Å². The SMILES string of the molecule is Nc1nccnc1CC1CCCN(C(=O)COc2cccnc2)C1. The fourth-order valence-corrected chi connectivity index (χ4v) is 2.94. The monoisotopic (exact) mass is 327 g/mol. The van der Waals surface area contributed by atoms with E-state index in [-0.39, 0.29) is 12.5 Å². The highest BCUT2D eigenvalue weighted by molar-refractivity contribution is 5.77. The van der Waals surface area contributed by atoms with E-state index in [2.05, 4.69) is 15.0 Å². The van der Waals surface area contributed by atoms with Gasteiger partial charge in [0, 0.05) is 31.7 Å². The fraction of sp³-hybridized carbons (Fsp3) is 0.412. The number of amides is 1. The number of nitrogens with zero attached hydrogens (tertiary/aromatic N) is 4. The van der Waals surface area contributed by atoms with Gasteiger partial charge in [-0.3, -0.25) is 14.8 Å². The van der Waals surface area contributed by atoms with Crippen molar-refractivity contribution < 1.29 is 9.53 Å². The minimum atomic E-state index is -0.00401. The predicted molar refractivity (Wildman–Crippen MR) is 89.2 cm³/mol. The Kier molecular flexibility index (Phi) is 5.20. The third-order valence-corrected chi connectivity index (χ3v) is 4.16. The van der Waals surface area contributed by atoms with Gasteiger partial charge >= 0.3 is 0 Å². The molecule has 0 aliphatic carbocycles. The van der Waals surface area contributed by atoms with Crippen molar-refractivity contribution in [1.82, 2.24) is 19.9 Å². The van der Waals surface area contributed by atoms with Crippen LogP contribution in [0.5, 0.6) is 5.75 Å². The third-order valence-electron chi connectivity index (χ3n) is 4.16. The highest BCUT2D eigenvalue weighted by Crippen LogP contribution is 2.22. The van der Waals surface area contributed by atoms with E-state index >= 15 is 0 Å². The number of nitrogens with two attached hydrogens (primary N) is 1. The summed E-state index contributed by atoms with van der Waals surface area (Å²) in [5.74, 6) is 1.42. The number of rotatable bonds is 5. The molecule has 0 bridgehead atoms. The zero-order valence-electron chi connectivity index (χ0n) is 13.5. The van der Waals surface area contributed by atoms with E-state index in [0.717, 1.165) is 31.5 Å². The summed E-state index contributed by atoms with van der Waals surface area (Å²) in [5, 5.41) is 0. The number of aromatic nitrogens is 3. The fourth-order valence-electron chi connectivity index (χ4n) is 2.94. The number of hydrogen-bond donors (Lipinski definition) is 1. The van der Waals surface area contributed by atoms with E-state index in [9.17, 15) is 4.79 Å². The molecule has 0 saturated carbocycles. The molecule has 0 aromatic carbocycles. The van der Waals surface area contributed by atoms with Gasteiger partial charge in [0.15, 0.2) is 6.61 Å². The molecule has 1 amide bonds. The van der Waals surface area contributed by atoms with Gasteiger partial charge in [-0.05, 0) is 37.3 Å². The Balaban J connectivity index is 1.53. The highest BCUT2D eigenvalue weighted by atomic mass is 16.5. The summed E-state index contributed by atoms with van der Waals surface area (Å²) in [6.45, 7) is 1.50. The summed E-state index contributed by atoms with van der Waals surface area (Å²) in [7, 11) is 0. The van der Waals surface area contributed by atoms with Gasteiger partial charge in [0.05, 0.1) is 11.9 Å². The molecule has 2 N–H and O–H groups in total. The van der Waals surface area contributed by atoms with Crippen molar-refractivity contribution in [2.45, 2.75) is 19.3 Å². The maximum Gasteiger partial charge on any atom is 0.260 e. The van der Waals surface area contributed by atoms with E-state index in [0.29, 0.717) is 24.0 Å². The lowest BCUT2D eigenvalue weighted by Gasteiger charge is -2.32. The number of likely N-dealkylation sites (tertiary alicyclic amines) is 1. The molecule has 24 heavy (non-hydrogen) atoms. The number of carbonyl (C=O) groups excluding carboxylic acids is 1. The smallest absolute Gasteiger partial charge is 0.260 e. The molecular formula is C17H21N5O2. The summed E-state index contributed by atoms with van der Waals surface area (Å²) < 4.78 is 5.50. The molecule has 126 valence electrons. The van der Waals surface area contributed by atoms with E-state index in [4.69, 9.17) is 10.5 Å². The summed E-state index contributed by atoms with van der Waals surface area (Å²) in [6, 6.07) is 3.57. The molecule has 1 aliphatic heterocycles. The first-order valence-corrected chi connectivity index (χ1v) is 8.08. The maximum atomic E-state index is 12.4. The first-order chi connectivity index (χ1) is 11.7. The molecule has 1 fully saturated rings. The molecule has 7 nitrogen and oxygen atoms in total. The van der Waals surface area contributed by atoms with Crippen molar-refractivity contribution in [2.24, 2.45) is 5.92 Å². The summed E-state index contributed by atoms with van der Waals surface area (Å²) >= 11 is 0. The van der Waals surface area contributed by atoms with Crippen LogP contribution in [0.25, 0.3) is 0 Å². The lowest BCUT2D eigenvalue weighted by Crippen LogP contribution is -2.42. The number of piperidine rings is 1. The van der Waals surface area contributed by atoms with Gasteiger partial charge in [-0.25, -0.2) is 4.98 Å². The van der Waals surface area contributed by atoms with Gasteiger partial charge in [-0.1, -0.05) is 0 Å². The van der Waals surface area contributed by atoms with Crippen LogP contribution in [0.3, 0.4) is 0 Å². The standard InChI is InChI=1S/C17H21N5O2/c18-17-15(20-6-7-21-17)9-13-3-2-8-22(11-13)16(23)12-24-14-4-1-5-19-10-14/h1,4-7,10,13H,2-3,8-9,11-12H2,(H2,18,21). The molecule has 3 rings (SSSR count). The average Bonchev–Trinajstić information content (AvgIpc) is 2.63. The summed E-state index contributed by atoms with van der Waals surface area (Å²) in [4.78, 5) is 26.6. The van der Waals surface area contributed by atoms with Crippen LogP contribution in [0, 0.1) is 5.92 Å². The molecule has 1 atom stereocenters. The largest absolute Gasteiger partial charge is 0.482 e. The molecule has 3 heterocycles. The Labute approximate surface area is 140 Å². The Morgan fingerprint density at radius 3 is 3.00 bits per heavy atom. The quantitative estimate of drug-likeness (QED) is 0.890. The van der Waals surface area contributed by atoms with Crippen molar-refractivity contribution in [3.63, 3.8) is 0 Å². The van der Waals surface area contributed by atoms with Crippen LogP contribution in [-0.4, -0.2) is 45.5 Å². The van der Waals surface area contributed by atoms with Crippen molar-refractivity contribution in [2.75, 3.05) is 25.4 Å². The summed E-state index contributed by atoms with van der Waals surface area (Å²) in [6.07, 6.45) is 9.29. The Hall–Kier alpha value is -2.70. The molecule has 7 heteroatoms. The minimum absolute atomic E-state index is 0.00401. The van der Waals surface area contributed by atoms with Crippen LogP contribution in [-0.2, 0) is 11.2 Å². The number of nitrogen functional groups attached to an aromatic ring is 1. The van der Waals surface area contributed by atoms with Crippen molar-refractivity contribution in [3.05, 3.63) is 42.6 Å². The number of hydrogen-bond acceptors (Lipinski definition) is 6. The van der Waals surface area contributed by atoms with Gasteiger partial charge in [-0.2, -0.15) is 0 Å². The summed E-state index contributed by atoms with van der Waals surface area (Å²) in [5.41, 5.74) is 6.67. The molecule has 2 aromatic rings. The lowest BCUT2D eigenvalue weighted by molar-refractivity contribution is -0.135. The van der Waals surface area contributed by atoms with E-state index in [1.807, 2.05) is 4.90 Å². The first kappa shape index (κ1) is 16.2. The van der Waals surface area contributed by atoms with Crippen LogP contribution < -0.4 is 10.5 Å². The molecule has 2 aromatic heterocycles.